The summed E-state index contributed by atoms with van der Waals surface area (Å²) in [5, 5.41) is 0. The van der Waals surface area contributed by atoms with Crippen molar-refractivity contribution in [2.75, 3.05) is 0 Å². The van der Waals surface area contributed by atoms with Crippen molar-refractivity contribution < 1.29 is 28.0 Å². The number of hydrogen-bond acceptors (Lipinski definition) is 8. The molecule has 10 heteroatoms. The van der Waals surface area contributed by atoms with Crippen LogP contribution >= 0.6 is 0 Å². The van der Waals surface area contributed by atoms with Gasteiger partial charge in [0.25, 0.3) is 0 Å². The lowest BCUT2D eigenvalue weighted by Gasteiger charge is -2.15. The predicted octanol–water partition coefficient (Wildman–Crippen LogP) is 0.438. The minimum Gasteiger partial charge on any atom is -0.244 e. The van der Waals surface area contributed by atoms with Crippen molar-refractivity contribution in [3.05, 3.63) is 0 Å². The molecule has 0 N–H and O–H groups in total. The Bertz CT molecular complexity index is 421. The molecule has 20 heavy (non-hydrogen) atoms. The van der Waals surface area contributed by atoms with E-state index in [9.17, 15) is 28.0 Å². The second-order valence-electron chi connectivity index (χ2n) is 3.35. The van der Waals surface area contributed by atoms with Gasteiger partial charge in [-0.1, -0.05) is 0 Å². The molecular formula is C10H8F2N4O4. The summed E-state index contributed by atoms with van der Waals surface area (Å²) in [6.07, 6.45) is -4.47. The number of rotatable bonds is 9. The van der Waals surface area contributed by atoms with Gasteiger partial charge in [0.1, 0.15) is 12.3 Å². The molecule has 0 aliphatic heterocycles. The zero-order chi connectivity index (χ0) is 15.4. The zero-order valence-electron chi connectivity index (χ0n) is 9.90. The van der Waals surface area contributed by atoms with Crippen LogP contribution in [0, 0.1) is 0 Å². The first-order valence-electron chi connectivity index (χ1n) is 5.15. The van der Waals surface area contributed by atoms with E-state index in [0.29, 0.717) is 0 Å². The largest absolute Gasteiger partial charge is 0.244 e. The van der Waals surface area contributed by atoms with Crippen LogP contribution in [0.15, 0.2) is 20.0 Å². The maximum absolute atomic E-state index is 13.5. The first-order chi connectivity index (χ1) is 9.58. The first kappa shape index (κ1) is 17.4. The van der Waals surface area contributed by atoms with Gasteiger partial charge in [0.05, 0.1) is 0 Å². The summed E-state index contributed by atoms with van der Waals surface area (Å²) in [6, 6.07) is 0. The van der Waals surface area contributed by atoms with Crippen LogP contribution in [-0.4, -0.2) is 49.0 Å². The summed E-state index contributed by atoms with van der Waals surface area (Å²) in [5.74, 6) is 0. The van der Waals surface area contributed by atoms with Crippen molar-refractivity contribution in [2.45, 2.75) is 37.5 Å². The fourth-order valence-electron chi connectivity index (χ4n) is 1.21. The van der Waals surface area contributed by atoms with Crippen molar-refractivity contribution >= 4 is 24.3 Å². The molecule has 0 aliphatic rings. The van der Waals surface area contributed by atoms with Gasteiger partial charge in [-0.15, -0.1) is 0 Å². The molecule has 0 fully saturated rings. The van der Waals surface area contributed by atoms with Crippen LogP contribution in [0.2, 0.25) is 0 Å². The highest BCUT2D eigenvalue weighted by molar-refractivity contribution is 5.37. The molecule has 2 atom stereocenters. The van der Waals surface area contributed by atoms with Gasteiger partial charge in [-0.05, 0) is 0 Å². The highest BCUT2D eigenvalue weighted by atomic mass is 19.2. The maximum atomic E-state index is 13.5. The highest BCUT2D eigenvalue weighted by Gasteiger charge is 2.27. The van der Waals surface area contributed by atoms with Crippen LogP contribution in [-0.2, 0) is 19.2 Å². The number of hydrogen-bond donors (Lipinski definition) is 0. The van der Waals surface area contributed by atoms with E-state index >= 15 is 0 Å². The molecular weight excluding hydrogens is 278 g/mol. The maximum Gasteiger partial charge on any atom is 0.237 e. The molecule has 0 heterocycles. The Morgan fingerprint density at radius 1 is 0.650 bits per heavy atom. The number of carbonyl (C=O) groups excluding carboxylic acids is 4. The second-order valence-corrected chi connectivity index (χ2v) is 3.35. The minimum atomic E-state index is -2.18. The van der Waals surface area contributed by atoms with E-state index in [1.165, 1.54) is 0 Å². The number of alkyl halides is 2. The van der Waals surface area contributed by atoms with Gasteiger partial charge in [-0.2, -0.15) is 20.0 Å². The number of isocyanates is 4. The smallest absolute Gasteiger partial charge is 0.237 e. The quantitative estimate of drug-likeness (QED) is 0.451. The monoisotopic (exact) mass is 286 g/mol. The molecule has 0 spiro atoms. The van der Waals surface area contributed by atoms with E-state index in [0.717, 1.165) is 24.3 Å². The summed E-state index contributed by atoms with van der Waals surface area (Å²) in [4.78, 5) is 51.8. The minimum absolute atomic E-state index is 0.714. The normalized spacial score (nSPS) is 15.1. The Morgan fingerprint density at radius 3 is 1.10 bits per heavy atom. The van der Waals surface area contributed by atoms with E-state index in [-0.39, 0.29) is 0 Å². The van der Waals surface area contributed by atoms with Gasteiger partial charge < -0.3 is 0 Å². The van der Waals surface area contributed by atoms with E-state index in [2.05, 4.69) is 20.0 Å². The SMILES string of the molecule is O=C=NC(CC(F)C(F)CC(N=C=O)N=C=O)N=C=O. The Hall–Kier alpha value is -2.62. The van der Waals surface area contributed by atoms with Crippen LogP contribution < -0.4 is 0 Å². The Morgan fingerprint density at radius 2 is 0.900 bits per heavy atom. The molecule has 0 aromatic carbocycles. The molecule has 0 radical (unpaired) electrons. The molecule has 0 aromatic heterocycles. The average Bonchev–Trinajstić information content (AvgIpc) is 2.39. The van der Waals surface area contributed by atoms with Crippen LogP contribution in [0.25, 0.3) is 0 Å². The Kier molecular flexibility index (Phi) is 8.96. The van der Waals surface area contributed by atoms with Crippen LogP contribution in [0.1, 0.15) is 12.8 Å². The van der Waals surface area contributed by atoms with Crippen molar-refractivity contribution in [1.29, 1.82) is 0 Å². The first-order valence-corrected chi connectivity index (χ1v) is 5.15. The number of halogens is 2. The molecule has 0 saturated carbocycles. The standard InChI is InChI=1S/C10H8F2N4O4/c11-7(1-9(13-3-17)14-4-18)8(12)2-10(15-5-19)16-6-20/h7-10H,1-2H2. The lowest BCUT2D eigenvalue weighted by Crippen LogP contribution is -2.25. The van der Waals surface area contributed by atoms with Gasteiger partial charge in [-0.3, -0.25) is 0 Å². The van der Waals surface area contributed by atoms with Gasteiger partial charge in [0.2, 0.25) is 24.3 Å². The second kappa shape index (κ2) is 10.3. The summed E-state index contributed by atoms with van der Waals surface area (Å²) in [6.45, 7) is 0. The van der Waals surface area contributed by atoms with Crippen molar-refractivity contribution in [2.24, 2.45) is 20.0 Å². The van der Waals surface area contributed by atoms with E-state index in [1.54, 1.807) is 0 Å². The lowest BCUT2D eigenvalue weighted by atomic mass is 10.1. The van der Waals surface area contributed by atoms with Crippen LogP contribution in [0.4, 0.5) is 8.78 Å². The molecule has 0 saturated heterocycles. The van der Waals surface area contributed by atoms with Gasteiger partial charge in [0, 0.05) is 12.8 Å². The predicted molar refractivity (Wildman–Crippen MR) is 59.1 cm³/mol. The van der Waals surface area contributed by atoms with Gasteiger partial charge in [0.15, 0.2) is 12.3 Å². The van der Waals surface area contributed by atoms with Crippen molar-refractivity contribution in [3.8, 4) is 0 Å². The summed E-state index contributed by atoms with van der Waals surface area (Å²) in [7, 11) is 0. The Labute approximate surface area is 111 Å². The summed E-state index contributed by atoms with van der Waals surface area (Å²) < 4.78 is 27.0. The third-order valence-electron chi connectivity index (χ3n) is 2.07. The molecule has 106 valence electrons. The Balaban J connectivity index is 4.70. The van der Waals surface area contributed by atoms with Crippen molar-refractivity contribution in [3.63, 3.8) is 0 Å². The fourth-order valence-corrected chi connectivity index (χ4v) is 1.21. The number of nitrogens with zero attached hydrogens (tertiary/aromatic N) is 4. The molecule has 0 aliphatic carbocycles. The molecule has 0 amide bonds. The number of aliphatic imine (C=N–C) groups is 4. The molecule has 0 rings (SSSR count). The summed E-state index contributed by atoms with van der Waals surface area (Å²) >= 11 is 0. The molecule has 8 nitrogen and oxygen atoms in total. The van der Waals surface area contributed by atoms with E-state index in [4.69, 9.17) is 0 Å². The lowest BCUT2D eigenvalue weighted by molar-refractivity contribution is 0.137. The molecule has 0 bridgehead atoms. The zero-order valence-corrected chi connectivity index (χ0v) is 9.90. The van der Waals surface area contributed by atoms with E-state index in [1.807, 2.05) is 0 Å². The summed E-state index contributed by atoms with van der Waals surface area (Å²) in [5.41, 5.74) is 0. The van der Waals surface area contributed by atoms with Gasteiger partial charge in [-0.25, -0.2) is 28.0 Å². The van der Waals surface area contributed by atoms with Crippen molar-refractivity contribution in [1.82, 2.24) is 0 Å². The fraction of sp³-hybridized carbons (Fsp3) is 0.600. The molecule has 0 aromatic rings. The van der Waals surface area contributed by atoms with Crippen LogP contribution in [0.3, 0.4) is 0 Å². The third kappa shape index (κ3) is 6.96. The topological polar surface area (TPSA) is 118 Å². The molecule has 2 unspecified atom stereocenters. The van der Waals surface area contributed by atoms with E-state index < -0.39 is 37.5 Å². The van der Waals surface area contributed by atoms with Gasteiger partial charge >= 0.3 is 0 Å². The highest BCUT2D eigenvalue weighted by Crippen LogP contribution is 2.19. The van der Waals surface area contributed by atoms with Crippen LogP contribution in [0.5, 0.6) is 0 Å². The third-order valence-corrected chi connectivity index (χ3v) is 2.07. The average molecular weight is 286 g/mol.